The zero-order chi connectivity index (χ0) is 21.8. The lowest BCUT2D eigenvalue weighted by molar-refractivity contribution is -0.137. The first-order valence-electron chi connectivity index (χ1n) is 9.73. The molecule has 0 aliphatic carbocycles. The number of esters is 1. The van der Waals surface area contributed by atoms with E-state index in [-0.39, 0.29) is 28.6 Å². The van der Waals surface area contributed by atoms with Crippen molar-refractivity contribution < 1.29 is 13.9 Å². The smallest absolute Gasteiger partial charge is 0.330 e. The maximum absolute atomic E-state index is 14.5. The molecule has 1 heterocycles. The number of hydrogen-bond donors (Lipinski definition) is 0. The van der Waals surface area contributed by atoms with Gasteiger partial charge in [0.25, 0.3) is 5.56 Å². The highest BCUT2D eigenvalue weighted by Crippen LogP contribution is 2.20. The van der Waals surface area contributed by atoms with Gasteiger partial charge in [0.05, 0.1) is 23.2 Å². The van der Waals surface area contributed by atoms with Crippen LogP contribution in [-0.4, -0.2) is 36.2 Å². The van der Waals surface area contributed by atoms with Crippen molar-refractivity contribution in [2.45, 2.75) is 20.3 Å². The van der Waals surface area contributed by atoms with Crippen molar-refractivity contribution >= 4 is 28.6 Å². The normalized spacial score (nSPS) is 11.2. The van der Waals surface area contributed by atoms with E-state index in [2.05, 4.69) is 4.98 Å². The van der Waals surface area contributed by atoms with E-state index in [1.54, 1.807) is 11.5 Å². The number of aromatic nitrogens is 2. The van der Waals surface area contributed by atoms with Gasteiger partial charge in [0.1, 0.15) is 11.6 Å². The van der Waals surface area contributed by atoms with E-state index in [1.165, 1.54) is 18.2 Å². The van der Waals surface area contributed by atoms with Gasteiger partial charge in [0, 0.05) is 43.9 Å². The average molecular weight is 409 g/mol. The SMILES string of the molecule is CCOC(=O)/C=C/c1cc2c(=O)n(-c3ccc(N(C)C)cc3)c(CC)nc2cc1F. The Morgan fingerprint density at radius 3 is 2.50 bits per heavy atom. The lowest BCUT2D eigenvalue weighted by Gasteiger charge is -2.16. The van der Waals surface area contributed by atoms with Gasteiger partial charge in [-0.3, -0.25) is 9.36 Å². The van der Waals surface area contributed by atoms with E-state index in [4.69, 9.17) is 4.74 Å². The number of rotatable bonds is 6. The number of carbonyl (C=O) groups excluding carboxylic acids is 1. The van der Waals surface area contributed by atoms with Crippen LogP contribution < -0.4 is 10.5 Å². The van der Waals surface area contributed by atoms with Gasteiger partial charge in [-0.15, -0.1) is 0 Å². The molecule has 0 saturated carbocycles. The van der Waals surface area contributed by atoms with Crippen LogP contribution in [0.5, 0.6) is 0 Å². The first kappa shape index (κ1) is 21.2. The topological polar surface area (TPSA) is 64.4 Å². The van der Waals surface area contributed by atoms with Crippen molar-refractivity contribution in [2.24, 2.45) is 0 Å². The minimum atomic E-state index is -0.574. The number of hydrogen-bond acceptors (Lipinski definition) is 5. The van der Waals surface area contributed by atoms with E-state index in [0.717, 1.165) is 11.8 Å². The number of aryl methyl sites for hydroxylation is 1. The van der Waals surface area contributed by atoms with Gasteiger partial charge in [-0.2, -0.15) is 0 Å². The lowest BCUT2D eigenvalue weighted by atomic mass is 10.1. The van der Waals surface area contributed by atoms with Crippen LogP contribution in [0.15, 0.2) is 47.3 Å². The number of anilines is 1. The Hall–Kier alpha value is -3.48. The second-order valence-corrected chi connectivity index (χ2v) is 6.91. The zero-order valence-corrected chi connectivity index (χ0v) is 17.5. The molecule has 0 aliphatic rings. The summed E-state index contributed by atoms with van der Waals surface area (Å²) < 4.78 is 20.9. The number of carbonyl (C=O) groups is 1. The van der Waals surface area contributed by atoms with Crippen molar-refractivity contribution in [1.82, 2.24) is 9.55 Å². The molecule has 156 valence electrons. The molecule has 0 aliphatic heterocycles. The summed E-state index contributed by atoms with van der Waals surface area (Å²) in [5.74, 6) is -0.598. The first-order valence-corrected chi connectivity index (χ1v) is 9.73. The van der Waals surface area contributed by atoms with Crippen LogP contribution in [0.4, 0.5) is 10.1 Å². The molecule has 0 fully saturated rings. The van der Waals surface area contributed by atoms with Gasteiger partial charge in [-0.1, -0.05) is 6.92 Å². The number of benzene rings is 2. The molecule has 0 amide bonds. The monoisotopic (exact) mass is 409 g/mol. The standard InChI is InChI=1S/C23H24FN3O3/c1-5-21-25-20-14-19(24)15(7-12-22(28)30-6-2)13-18(20)23(29)27(21)17-10-8-16(9-11-17)26(3)4/h7-14H,5-6H2,1-4H3/b12-7+. The van der Waals surface area contributed by atoms with Crippen LogP contribution in [-0.2, 0) is 16.0 Å². The molecule has 0 spiro atoms. The zero-order valence-electron chi connectivity index (χ0n) is 17.5. The Morgan fingerprint density at radius 1 is 1.20 bits per heavy atom. The fraction of sp³-hybridized carbons (Fsp3) is 0.261. The van der Waals surface area contributed by atoms with Crippen molar-refractivity contribution in [1.29, 1.82) is 0 Å². The second-order valence-electron chi connectivity index (χ2n) is 6.91. The summed E-state index contributed by atoms with van der Waals surface area (Å²) in [7, 11) is 3.88. The highest BCUT2D eigenvalue weighted by atomic mass is 19.1. The Morgan fingerprint density at radius 2 is 1.90 bits per heavy atom. The second kappa shape index (κ2) is 8.90. The Bertz CT molecular complexity index is 1170. The highest BCUT2D eigenvalue weighted by Gasteiger charge is 2.14. The summed E-state index contributed by atoms with van der Waals surface area (Å²) in [4.78, 5) is 31.3. The van der Waals surface area contributed by atoms with E-state index in [9.17, 15) is 14.0 Å². The predicted octanol–water partition coefficient (Wildman–Crippen LogP) is 3.73. The van der Waals surface area contributed by atoms with Crippen LogP contribution in [0.25, 0.3) is 22.7 Å². The number of fused-ring (bicyclic) bond motifs is 1. The molecule has 0 radical (unpaired) electrons. The summed E-state index contributed by atoms with van der Waals surface area (Å²) in [6.45, 7) is 3.81. The Balaban J connectivity index is 2.16. The quantitative estimate of drug-likeness (QED) is 0.459. The molecule has 7 heteroatoms. The van der Waals surface area contributed by atoms with Gasteiger partial charge in [0.15, 0.2) is 0 Å². The molecule has 0 N–H and O–H groups in total. The Kier molecular flexibility index (Phi) is 6.30. The number of nitrogens with zero attached hydrogens (tertiary/aromatic N) is 3. The molecular weight excluding hydrogens is 385 g/mol. The first-order chi connectivity index (χ1) is 14.3. The van der Waals surface area contributed by atoms with Crippen molar-refractivity contribution in [3.8, 4) is 5.69 Å². The van der Waals surface area contributed by atoms with Gasteiger partial charge in [0.2, 0.25) is 0 Å². The molecule has 6 nitrogen and oxygen atoms in total. The van der Waals surface area contributed by atoms with Crippen molar-refractivity contribution in [3.05, 3.63) is 70.0 Å². The molecule has 0 saturated heterocycles. The van der Waals surface area contributed by atoms with Crippen LogP contribution in [0.2, 0.25) is 0 Å². The van der Waals surface area contributed by atoms with E-state index < -0.39 is 11.8 Å². The third-order valence-electron chi connectivity index (χ3n) is 4.68. The van der Waals surface area contributed by atoms with Gasteiger partial charge in [-0.05, 0) is 43.3 Å². The predicted molar refractivity (Wildman–Crippen MR) is 117 cm³/mol. The molecular formula is C23H24FN3O3. The summed E-state index contributed by atoms with van der Waals surface area (Å²) in [6.07, 6.45) is 2.95. The maximum Gasteiger partial charge on any atom is 0.330 e. The molecule has 2 aromatic carbocycles. The lowest BCUT2D eigenvalue weighted by Crippen LogP contribution is -2.24. The minimum Gasteiger partial charge on any atom is -0.463 e. The highest BCUT2D eigenvalue weighted by molar-refractivity contribution is 5.88. The molecule has 1 aromatic heterocycles. The van der Waals surface area contributed by atoms with Gasteiger partial charge >= 0.3 is 5.97 Å². The number of halogens is 1. The van der Waals surface area contributed by atoms with Crippen LogP contribution >= 0.6 is 0 Å². The fourth-order valence-corrected chi connectivity index (χ4v) is 3.15. The third-order valence-corrected chi connectivity index (χ3v) is 4.68. The van der Waals surface area contributed by atoms with E-state index >= 15 is 0 Å². The van der Waals surface area contributed by atoms with E-state index in [1.807, 2.05) is 50.2 Å². The average Bonchev–Trinajstić information content (AvgIpc) is 2.72. The molecule has 0 unspecified atom stereocenters. The summed E-state index contributed by atoms with van der Waals surface area (Å²) in [6, 6.07) is 10.2. The molecule has 3 aromatic rings. The van der Waals surface area contributed by atoms with Crippen molar-refractivity contribution in [3.63, 3.8) is 0 Å². The minimum absolute atomic E-state index is 0.119. The summed E-state index contributed by atoms with van der Waals surface area (Å²) in [5, 5.41) is 0.272. The largest absolute Gasteiger partial charge is 0.463 e. The van der Waals surface area contributed by atoms with E-state index in [0.29, 0.717) is 17.9 Å². The van der Waals surface area contributed by atoms with Crippen LogP contribution in [0.3, 0.4) is 0 Å². The summed E-state index contributed by atoms with van der Waals surface area (Å²) >= 11 is 0. The third kappa shape index (κ3) is 4.25. The van der Waals surface area contributed by atoms with Gasteiger partial charge in [-0.25, -0.2) is 14.2 Å². The Labute approximate surface area is 174 Å². The van der Waals surface area contributed by atoms with Gasteiger partial charge < -0.3 is 9.64 Å². The van der Waals surface area contributed by atoms with Crippen molar-refractivity contribution in [2.75, 3.05) is 25.6 Å². The molecule has 30 heavy (non-hydrogen) atoms. The summed E-state index contributed by atoms with van der Waals surface area (Å²) in [5.41, 5.74) is 1.80. The number of ether oxygens (including phenoxy) is 1. The maximum atomic E-state index is 14.5. The fourth-order valence-electron chi connectivity index (χ4n) is 3.15. The molecule has 3 rings (SSSR count). The van der Waals surface area contributed by atoms with Crippen LogP contribution in [0.1, 0.15) is 25.2 Å². The van der Waals surface area contributed by atoms with Crippen LogP contribution in [0, 0.1) is 5.82 Å². The molecule has 0 bridgehead atoms. The molecule has 0 atom stereocenters.